The maximum atomic E-state index is 5.90. The molecule has 82 valence electrons. The zero-order valence-electron chi connectivity index (χ0n) is 9.26. The van der Waals surface area contributed by atoms with Crippen LogP contribution < -0.4 is 9.47 Å². The van der Waals surface area contributed by atoms with E-state index >= 15 is 0 Å². The van der Waals surface area contributed by atoms with E-state index in [1.165, 1.54) is 11.1 Å². The Bertz CT molecular complexity index is 389. The number of rotatable bonds is 1. The van der Waals surface area contributed by atoms with Crippen LogP contribution in [0.15, 0.2) is 12.1 Å². The molecule has 0 fully saturated rings. The Morgan fingerprint density at radius 3 is 2.47 bits per heavy atom. The van der Waals surface area contributed by atoms with Crippen molar-refractivity contribution < 1.29 is 9.47 Å². The summed E-state index contributed by atoms with van der Waals surface area (Å²) in [6, 6.07) is 4.07. The third kappa shape index (κ3) is 1.98. The van der Waals surface area contributed by atoms with Crippen LogP contribution in [0.3, 0.4) is 0 Å². The van der Waals surface area contributed by atoms with E-state index in [2.05, 4.69) is 36.7 Å². The lowest BCUT2D eigenvalue weighted by Crippen LogP contribution is -2.38. The fourth-order valence-corrected chi connectivity index (χ4v) is 1.83. The van der Waals surface area contributed by atoms with Crippen LogP contribution in [-0.4, -0.2) is 11.1 Å². The molecule has 2 rings (SSSR count). The highest BCUT2D eigenvalue weighted by molar-refractivity contribution is 9.10. The summed E-state index contributed by atoms with van der Waals surface area (Å²) in [5, 5.41) is 0. The first kappa shape index (κ1) is 10.8. The van der Waals surface area contributed by atoms with E-state index in [9.17, 15) is 0 Å². The van der Waals surface area contributed by atoms with E-state index in [4.69, 9.17) is 9.47 Å². The molecule has 0 saturated carbocycles. The highest BCUT2D eigenvalue weighted by Crippen LogP contribution is 2.40. The zero-order chi connectivity index (χ0) is 11.1. The highest BCUT2D eigenvalue weighted by Gasteiger charge is 2.33. The molecule has 0 unspecified atom stereocenters. The molecule has 1 aliphatic rings. The Morgan fingerprint density at radius 1 is 1.27 bits per heavy atom. The smallest absolute Gasteiger partial charge is 0.196 e. The van der Waals surface area contributed by atoms with Gasteiger partial charge in [0.25, 0.3) is 0 Å². The molecule has 1 atom stereocenters. The van der Waals surface area contributed by atoms with Crippen LogP contribution in [0.1, 0.15) is 24.5 Å². The number of fused-ring (bicyclic) bond motifs is 1. The summed E-state index contributed by atoms with van der Waals surface area (Å²) in [5.74, 6) is 1.68. The topological polar surface area (TPSA) is 18.5 Å². The summed E-state index contributed by atoms with van der Waals surface area (Å²) in [6.45, 7) is 6.79. The van der Waals surface area contributed by atoms with Gasteiger partial charge in [0.1, 0.15) is 6.61 Å². The molecule has 0 radical (unpaired) electrons. The van der Waals surface area contributed by atoms with Gasteiger partial charge in [0.05, 0.1) is 0 Å². The fourth-order valence-electron chi connectivity index (χ4n) is 1.54. The van der Waals surface area contributed by atoms with E-state index in [0.717, 1.165) is 17.9 Å². The second-order valence-corrected chi connectivity index (χ2v) is 5.46. The summed E-state index contributed by atoms with van der Waals surface area (Å²) >= 11 is 3.56. The van der Waals surface area contributed by atoms with E-state index < -0.39 is 0 Å². The minimum absolute atomic E-state index is 0.359. The molecule has 1 aromatic carbocycles. The first-order valence-electron chi connectivity index (χ1n) is 5.16. The summed E-state index contributed by atoms with van der Waals surface area (Å²) in [5.41, 5.74) is 2.46. The van der Waals surface area contributed by atoms with Crippen molar-refractivity contribution in [2.75, 3.05) is 6.61 Å². The summed E-state index contributed by atoms with van der Waals surface area (Å²) in [4.78, 5) is 0. The monoisotopic (exact) mass is 270 g/mol. The van der Waals surface area contributed by atoms with Gasteiger partial charge >= 0.3 is 0 Å². The summed E-state index contributed by atoms with van der Waals surface area (Å²) < 4.78 is 11.2. The van der Waals surface area contributed by atoms with Crippen LogP contribution in [0, 0.1) is 13.8 Å². The Kier molecular flexibility index (Phi) is 2.67. The molecule has 15 heavy (non-hydrogen) atoms. The average molecular weight is 271 g/mol. The van der Waals surface area contributed by atoms with Gasteiger partial charge in [-0.2, -0.15) is 0 Å². The first-order chi connectivity index (χ1) is 7.04. The molecule has 1 aromatic rings. The van der Waals surface area contributed by atoms with Crippen LogP contribution in [0.2, 0.25) is 0 Å². The zero-order valence-corrected chi connectivity index (χ0v) is 10.8. The lowest BCUT2D eigenvalue weighted by Gasteiger charge is -2.33. The first-order valence-corrected chi connectivity index (χ1v) is 5.95. The van der Waals surface area contributed by atoms with Crippen molar-refractivity contribution in [2.24, 2.45) is 0 Å². The number of ether oxygens (including phenoxy) is 2. The van der Waals surface area contributed by atoms with Crippen LogP contribution in [0.5, 0.6) is 11.5 Å². The fraction of sp³-hybridized carbons (Fsp3) is 0.500. The third-order valence-corrected chi connectivity index (χ3v) is 3.78. The number of hydrogen-bond acceptors (Lipinski definition) is 2. The van der Waals surface area contributed by atoms with Gasteiger partial charge < -0.3 is 9.47 Å². The molecule has 1 aliphatic heterocycles. The summed E-state index contributed by atoms with van der Waals surface area (Å²) in [7, 11) is 0. The third-order valence-electron chi connectivity index (χ3n) is 2.82. The van der Waals surface area contributed by atoms with Crippen molar-refractivity contribution in [3.05, 3.63) is 23.3 Å². The van der Waals surface area contributed by atoms with E-state index in [0.29, 0.717) is 6.61 Å². The maximum Gasteiger partial charge on any atom is 0.196 e. The molecule has 3 heteroatoms. The van der Waals surface area contributed by atoms with Gasteiger partial charge in [-0.15, -0.1) is 0 Å². The molecular weight excluding hydrogens is 256 g/mol. The number of benzene rings is 1. The lowest BCUT2D eigenvalue weighted by molar-refractivity contribution is 0.0667. The van der Waals surface area contributed by atoms with Crippen LogP contribution in [0.4, 0.5) is 0 Å². The highest BCUT2D eigenvalue weighted by atomic mass is 79.9. The van der Waals surface area contributed by atoms with Gasteiger partial charge in [0.15, 0.2) is 16.0 Å². The summed E-state index contributed by atoms with van der Waals surface area (Å²) in [6.07, 6.45) is 0.874. The molecule has 2 nitrogen and oxygen atoms in total. The Hall–Kier alpha value is -0.700. The maximum absolute atomic E-state index is 5.90. The minimum atomic E-state index is -0.359. The minimum Gasteiger partial charge on any atom is -0.485 e. The quantitative estimate of drug-likeness (QED) is 0.727. The second kappa shape index (κ2) is 3.71. The Labute approximate surface area is 98.7 Å². The predicted molar refractivity (Wildman–Crippen MR) is 64.0 cm³/mol. The Morgan fingerprint density at radius 2 is 1.87 bits per heavy atom. The molecule has 0 N–H and O–H groups in total. The molecule has 0 bridgehead atoms. The Balaban J connectivity index is 2.38. The normalized spacial score (nSPS) is 24.0. The second-order valence-electron chi connectivity index (χ2n) is 4.01. The SMILES string of the molecule is CC[C@]1(Br)COc2cc(C)c(C)cc2O1. The van der Waals surface area contributed by atoms with Crippen molar-refractivity contribution in [3.63, 3.8) is 0 Å². The van der Waals surface area contributed by atoms with Crippen molar-refractivity contribution in [1.29, 1.82) is 0 Å². The van der Waals surface area contributed by atoms with Crippen LogP contribution in [-0.2, 0) is 0 Å². The molecule has 0 amide bonds. The van der Waals surface area contributed by atoms with Gasteiger partial charge in [-0.1, -0.05) is 6.92 Å². The van der Waals surface area contributed by atoms with Crippen molar-refractivity contribution >= 4 is 15.9 Å². The van der Waals surface area contributed by atoms with Gasteiger partial charge in [0, 0.05) is 0 Å². The average Bonchev–Trinajstić information content (AvgIpc) is 2.21. The largest absolute Gasteiger partial charge is 0.485 e. The van der Waals surface area contributed by atoms with Crippen molar-refractivity contribution in [3.8, 4) is 11.5 Å². The van der Waals surface area contributed by atoms with Gasteiger partial charge in [-0.05, 0) is 59.5 Å². The molecule has 0 saturated heterocycles. The molecular formula is C12H15BrO2. The van der Waals surface area contributed by atoms with Gasteiger partial charge in [-0.3, -0.25) is 0 Å². The van der Waals surface area contributed by atoms with E-state index in [1.807, 2.05) is 12.1 Å². The van der Waals surface area contributed by atoms with Crippen LogP contribution in [0.25, 0.3) is 0 Å². The predicted octanol–water partition coefficient (Wildman–Crippen LogP) is 3.58. The number of aryl methyl sites for hydroxylation is 2. The number of alkyl halides is 1. The molecule has 0 aliphatic carbocycles. The van der Waals surface area contributed by atoms with Crippen molar-refractivity contribution in [2.45, 2.75) is 31.7 Å². The van der Waals surface area contributed by atoms with E-state index in [1.54, 1.807) is 0 Å². The lowest BCUT2D eigenvalue weighted by atomic mass is 10.1. The standard InChI is InChI=1S/C12H15BrO2/c1-4-12(13)7-14-10-5-8(2)9(3)6-11(10)15-12/h5-6H,4,7H2,1-3H3/t12-/m1/s1. The van der Waals surface area contributed by atoms with Crippen molar-refractivity contribution in [1.82, 2.24) is 0 Å². The van der Waals surface area contributed by atoms with Gasteiger partial charge in [0.2, 0.25) is 0 Å². The molecule has 0 spiro atoms. The number of halogens is 1. The molecule has 0 aromatic heterocycles. The van der Waals surface area contributed by atoms with Crippen LogP contribution >= 0.6 is 15.9 Å². The number of hydrogen-bond donors (Lipinski definition) is 0. The molecule has 1 heterocycles. The van der Waals surface area contributed by atoms with Gasteiger partial charge in [-0.25, -0.2) is 0 Å². The van der Waals surface area contributed by atoms with E-state index in [-0.39, 0.29) is 4.51 Å².